The van der Waals surface area contributed by atoms with Crippen LogP contribution < -0.4 is 5.48 Å². The summed E-state index contributed by atoms with van der Waals surface area (Å²) in [6, 6.07) is 0. The van der Waals surface area contributed by atoms with Crippen LogP contribution >= 0.6 is 0 Å². The molecule has 3 unspecified atom stereocenters. The highest BCUT2D eigenvalue weighted by atomic mass is 16.7. The van der Waals surface area contributed by atoms with Gasteiger partial charge in [-0.25, -0.2) is 4.79 Å². The Labute approximate surface area is 206 Å². The first-order chi connectivity index (χ1) is 16.4. The Hall–Kier alpha value is -2.02. The number of aliphatic hydroxyl groups is 1. The molecule has 0 saturated heterocycles. The molecule has 196 valence electrons. The maximum atomic E-state index is 12.3. The van der Waals surface area contributed by atoms with Crippen molar-refractivity contribution in [2.75, 3.05) is 6.61 Å². The van der Waals surface area contributed by atoms with E-state index in [-0.39, 0.29) is 35.8 Å². The lowest BCUT2D eigenvalue weighted by Crippen LogP contribution is -2.33. The molecule has 1 amide bonds. The summed E-state index contributed by atoms with van der Waals surface area (Å²) in [7, 11) is 0. The van der Waals surface area contributed by atoms with Crippen molar-refractivity contribution < 1.29 is 29.1 Å². The van der Waals surface area contributed by atoms with Crippen molar-refractivity contribution in [2.45, 2.75) is 110 Å². The van der Waals surface area contributed by atoms with E-state index in [1.165, 1.54) is 6.92 Å². The molecule has 0 saturated carbocycles. The van der Waals surface area contributed by atoms with E-state index in [2.05, 4.69) is 19.0 Å². The second kappa shape index (κ2) is 21.5. The van der Waals surface area contributed by atoms with Gasteiger partial charge in [0.2, 0.25) is 0 Å². The van der Waals surface area contributed by atoms with E-state index >= 15 is 0 Å². The van der Waals surface area contributed by atoms with Gasteiger partial charge in [0.1, 0.15) is 12.6 Å². The molecule has 0 bridgehead atoms. The molecule has 0 aromatic rings. The second-order valence-corrected chi connectivity index (χ2v) is 9.41. The Balaban J connectivity index is 4.12. The Morgan fingerprint density at radius 1 is 0.824 bits per heavy atom. The fourth-order valence-corrected chi connectivity index (χ4v) is 3.98. The van der Waals surface area contributed by atoms with Crippen LogP contribution in [0.1, 0.15) is 110 Å². The predicted octanol–water partition coefficient (Wildman–Crippen LogP) is 5.25. The van der Waals surface area contributed by atoms with Gasteiger partial charge in [-0.15, -0.1) is 0 Å². The zero-order chi connectivity index (χ0) is 25.6. The zero-order valence-electron chi connectivity index (χ0n) is 21.4. The first-order valence-corrected chi connectivity index (χ1v) is 13.1. The summed E-state index contributed by atoms with van der Waals surface area (Å²) in [4.78, 5) is 51.1. The van der Waals surface area contributed by atoms with Crippen LogP contribution in [0.2, 0.25) is 0 Å². The lowest BCUT2D eigenvalue weighted by Gasteiger charge is -2.16. The van der Waals surface area contributed by atoms with E-state index in [0.29, 0.717) is 19.3 Å². The van der Waals surface area contributed by atoms with E-state index in [1.54, 1.807) is 0 Å². The van der Waals surface area contributed by atoms with Gasteiger partial charge in [-0.2, -0.15) is 5.48 Å². The smallest absolute Gasteiger partial charge is 0.358 e. The number of carbonyl (C=O) groups excluding carboxylic acids is 4. The minimum atomic E-state index is -0.666. The second-order valence-electron chi connectivity index (χ2n) is 9.41. The van der Waals surface area contributed by atoms with Gasteiger partial charge in [-0.3, -0.25) is 4.79 Å². The molecule has 0 rings (SSSR count). The van der Waals surface area contributed by atoms with E-state index in [9.17, 15) is 19.2 Å². The van der Waals surface area contributed by atoms with Crippen LogP contribution in [0.3, 0.4) is 0 Å². The molecule has 7 heteroatoms. The molecule has 0 aromatic carbocycles. The summed E-state index contributed by atoms with van der Waals surface area (Å²) < 4.78 is 0. The van der Waals surface area contributed by atoms with Gasteiger partial charge in [-0.05, 0) is 51.9 Å². The maximum absolute atomic E-state index is 12.3. The van der Waals surface area contributed by atoms with Crippen molar-refractivity contribution in [2.24, 2.45) is 17.8 Å². The van der Waals surface area contributed by atoms with Crippen LogP contribution in [0, 0.1) is 17.8 Å². The average Bonchev–Trinajstić information content (AvgIpc) is 2.83. The predicted molar refractivity (Wildman–Crippen MR) is 134 cm³/mol. The molecular weight excluding hydrogens is 434 g/mol. The Morgan fingerprint density at radius 3 is 1.82 bits per heavy atom. The van der Waals surface area contributed by atoms with Crippen LogP contribution in [0.4, 0.5) is 0 Å². The van der Waals surface area contributed by atoms with E-state index in [4.69, 9.17) is 9.94 Å². The maximum Gasteiger partial charge on any atom is 0.358 e. The highest BCUT2D eigenvalue weighted by Gasteiger charge is 2.19. The van der Waals surface area contributed by atoms with Crippen LogP contribution in [0.15, 0.2) is 12.2 Å². The SMILES string of the molecule is C=C(C)C(=O)ONC(=O)C(CCCO)CCCCCCCC(C=O)CCC(C=O)CCCCC. The van der Waals surface area contributed by atoms with Crippen molar-refractivity contribution in [1.82, 2.24) is 5.48 Å². The first kappa shape index (κ1) is 32.0. The van der Waals surface area contributed by atoms with Gasteiger partial charge in [0.15, 0.2) is 0 Å². The fraction of sp³-hybridized carbons (Fsp3) is 0.778. The molecule has 0 fully saturated rings. The van der Waals surface area contributed by atoms with E-state index < -0.39 is 5.97 Å². The monoisotopic (exact) mass is 481 g/mol. The number of nitrogens with one attached hydrogen (secondary N) is 1. The number of rotatable bonds is 22. The summed E-state index contributed by atoms with van der Waals surface area (Å²) in [5, 5.41) is 9.08. The number of hydroxylamine groups is 1. The normalized spacial score (nSPS) is 13.5. The summed E-state index contributed by atoms with van der Waals surface area (Å²) in [5.74, 6) is -1.22. The van der Waals surface area contributed by atoms with Gasteiger partial charge < -0.3 is 19.5 Å². The lowest BCUT2D eigenvalue weighted by molar-refractivity contribution is -0.156. The van der Waals surface area contributed by atoms with Gasteiger partial charge in [0.25, 0.3) is 5.91 Å². The van der Waals surface area contributed by atoms with Crippen LogP contribution in [0.5, 0.6) is 0 Å². The molecule has 0 aromatic heterocycles. The van der Waals surface area contributed by atoms with E-state index in [1.807, 2.05) is 0 Å². The fourth-order valence-electron chi connectivity index (χ4n) is 3.98. The zero-order valence-corrected chi connectivity index (χ0v) is 21.4. The minimum Gasteiger partial charge on any atom is -0.396 e. The quantitative estimate of drug-likeness (QED) is 0.0946. The van der Waals surface area contributed by atoms with Crippen molar-refractivity contribution in [3.63, 3.8) is 0 Å². The van der Waals surface area contributed by atoms with Gasteiger partial charge in [0.05, 0.1) is 0 Å². The molecule has 34 heavy (non-hydrogen) atoms. The van der Waals surface area contributed by atoms with Crippen LogP contribution in [0.25, 0.3) is 0 Å². The third kappa shape index (κ3) is 16.6. The van der Waals surface area contributed by atoms with Crippen LogP contribution in [-0.2, 0) is 24.0 Å². The summed E-state index contributed by atoms with van der Waals surface area (Å²) >= 11 is 0. The molecule has 3 atom stereocenters. The molecule has 0 heterocycles. The highest BCUT2D eigenvalue weighted by molar-refractivity contribution is 5.88. The van der Waals surface area contributed by atoms with Gasteiger partial charge in [-0.1, -0.05) is 64.9 Å². The summed E-state index contributed by atoms with van der Waals surface area (Å²) in [6.45, 7) is 7.14. The van der Waals surface area contributed by atoms with Crippen molar-refractivity contribution in [3.05, 3.63) is 12.2 Å². The molecule has 7 nitrogen and oxygen atoms in total. The summed E-state index contributed by atoms with van der Waals surface area (Å²) in [5.41, 5.74) is 2.41. The Bertz CT molecular complexity index is 592. The van der Waals surface area contributed by atoms with Crippen molar-refractivity contribution in [3.8, 4) is 0 Å². The molecule has 0 spiro atoms. The highest BCUT2D eigenvalue weighted by Crippen LogP contribution is 2.21. The standard InChI is InChI=1S/C27H47NO6/c1-4-5-9-13-23(20-30)17-18-24(21-31)14-10-7-6-8-11-15-25(16-12-19-29)26(32)28-34-27(33)22(2)3/h20-21,23-25,29H,2,4-19H2,1,3H3,(H,28,32). The Morgan fingerprint density at radius 2 is 1.32 bits per heavy atom. The molecule has 0 aliphatic carbocycles. The summed E-state index contributed by atoms with van der Waals surface area (Å²) in [6.07, 6.45) is 15.4. The van der Waals surface area contributed by atoms with E-state index in [0.717, 1.165) is 89.6 Å². The Kier molecular flexibility index (Phi) is 20.2. The number of carbonyl (C=O) groups is 4. The minimum absolute atomic E-state index is 0.0135. The number of aldehydes is 2. The molecule has 2 N–H and O–H groups in total. The lowest BCUT2D eigenvalue weighted by atomic mass is 9.90. The number of unbranched alkanes of at least 4 members (excludes halogenated alkanes) is 6. The third-order valence-corrected chi connectivity index (χ3v) is 6.27. The molecular formula is C27H47NO6. The molecule has 0 aliphatic heterocycles. The topological polar surface area (TPSA) is 110 Å². The van der Waals surface area contributed by atoms with Crippen molar-refractivity contribution in [1.29, 1.82) is 0 Å². The molecule has 0 radical (unpaired) electrons. The number of amides is 1. The van der Waals surface area contributed by atoms with Gasteiger partial charge >= 0.3 is 5.97 Å². The number of hydrogen-bond acceptors (Lipinski definition) is 6. The van der Waals surface area contributed by atoms with Gasteiger partial charge in [0, 0.05) is 29.9 Å². The number of aliphatic hydroxyl groups excluding tert-OH is 1. The third-order valence-electron chi connectivity index (χ3n) is 6.27. The largest absolute Gasteiger partial charge is 0.396 e. The van der Waals surface area contributed by atoms with Crippen LogP contribution in [-0.4, -0.2) is 36.2 Å². The molecule has 0 aliphatic rings. The first-order valence-electron chi connectivity index (χ1n) is 13.1. The van der Waals surface area contributed by atoms with Crippen molar-refractivity contribution >= 4 is 24.4 Å². The number of hydrogen-bond donors (Lipinski definition) is 2. The average molecular weight is 482 g/mol.